The van der Waals surface area contributed by atoms with Gasteiger partial charge in [0, 0.05) is 5.76 Å². The Labute approximate surface area is 137 Å². The van der Waals surface area contributed by atoms with E-state index in [4.69, 9.17) is 10.3 Å². The lowest BCUT2D eigenvalue weighted by atomic mass is 10.2. The molecule has 23 heavy (non-hydrogen) atoms. The summed E-state index contributed by atoms with van der Waals surface area (Å²) in [6.07, 6.45) is 3.24. The van der Waals surface area contributed by atoms with E-state index in [9.17, 15) is 9.90 Å². The van der Waals surface area contributed by atoms with Crippen LogP contribution in [0.25, 0.3) is 5.53 Å². The summed E-state index contributed by atoms with van der Waals surface area (Å²) in [4.78, 5) is 20.4. The molecule has 0 spiro atoms. The molecule has 0 saturated heterocycles. The van der Waals surface area contributed by atoms with Crippen LogP contribution in [0.5, 0.6) is 0 Å². The van der Waals surface area contributed by atoms with Gasteiger partial charge in [0.25, 0.3) is 6.21 Å². The highest BCUT2D eigenvalue weighted by molar-refractivity contribution is 7.81. The van der Waals surface area contributed by atoms with E-state index >= 15 is 0 Å². The Morgan fingerprint density at radius 3 is 2.87 bits per heavy atom. The average molecular weight is 331 g/mol. The van der Waals surface area contributed by atoms with Gasteiger partial charge in [-0.25, -0.2) is 9.69 Å². The van der Waals surface area contributed by atoms with Crippen molar-refractivity contribution in [3.05, 3.63) is 52.5 Å². The normalized spacial score (nSPS) is 16.1. The molecule has 0 unspecified atom stereocenters. The number of allylic oxidation sites excluding steroid dienone is 2. The molecule has 1 aromatic rings. The number of carbonyl (C=O) groups excluding carboxylic acids is 1. The van der Waals surface area contributed by atoms with Crippen LogP contribution in [-0.4, -0.2) is 38.0 Å². The summed E-state index contributed by atoms with van der Waals surface area (Å²) < 4.78 is 5.36. The van der Waals surface area contributed by atoms with Gasteiger partial charge in [0.2, 0.25) is 10.7 Å². The van der Waals surface area contributed by atoms with Crippen LogP contribution in [0.1, 0.15) is 26.3 Å². The van der Waals surface area contributed by atoms with Crippen LogP contribution in [0.2, 0.25) is 0 Å². The summed E-state index contributed by atoms with van der Waals surface area (Å²) in [7, 11) is 0. The van der Waals surface area contributed by atoms with Gasteiger partial charge in [-0.05, 0) is 27.0 Å². The van der Waals surface area contributed by atoms with Crippen LogP contribution in [-0.2, 0) is 16.1 Å². The molecular formula is C15H15N4O3S-. The second kappa shape index (κ2) is 6.60. The van der Waals surface area contributed by atoms with Crippen molar-refractivity contribution in [2.24, 2.45) is 0 Å². The Kier molecular flexibility index (Phi) is 4.78. The highest BCUT2D eigenvalue weighted by Crippen LogP contribution is 2.29. The van der Waals surface area contributed by atoms with E-state index in [1.807, 2.05) is 0 Å². The van der Waals surface area contributed by atoms with Crippen LogP contribution < -0.4 is 5.11 Å². The summed E-state index contributed by atoms with van der Waals surface area (Å²) in [5, 5.41) is 14.0. The first-order valence-corrected chi connectivity index (χ1v) is 7.60. The average Bonchev–Trinajstić information content (AvgIpc) is 2.91. The van der Waals surface area contributed by atoms with Crippen LogP contribution in [0.15, 0.2) is 36.0 Å². The monoisotopic (exact) mass is 331 g/mol. The first kappa shape index (κ1) is 16.7. The van der Waals surface area contributed by atoms with E-state index in [0.29, 0.717) is 10.9 Å². The van der Waals surface area contributed by atoms with E-state index in [2.05, 4.69) is 9.77 Å². The minimum absolute atomic E-state index is 0.0564. The zero-order valence-electron chi connectivity index (χ0n) is 12.9. The molecule has 2 rings (SSSR count). The van der Waals surface area contributed by atoms with Crippen molar-refractivity contribution in [1.29, 1.82) is 0 Å². The maximum absolute atomic E-state index is 12.5. The zero-order chi connectivity index (χ0) is 17.0. The standard InChI is InChI=1S/C15H16N4O3S/c1-15(2,3)22-14(21)19-11(12(20)8-18-16)9-23-13(19)10-5-4-6-17-7-10/h4-9,20H,1-3H3/p-1. The Bertz CT molecular complexity index is 703. The van der Waals surface area contributed by atoms with Crippen molar-refractivity contribution in [2.75, 3.05) is 0 Å². The molecule has 1 aromatic heterocycles. The topological polar surface area (TPSA) is 102 Å². The van der Waals surface area contributed by atoms with E-state index in [1.54, 1.807) is 45.3 Å². The predicted molar refractivity (Wildman–Crippen MR) is 84.8 cm³/mol. The van der Waals surface area contributed by atoms with Gasteiger partial charge in [-0.1, -0.05) is 11.8 Å². The molecule has 0 N–H and O–H groups in total. The SMILES string of the molecule is CC(C)(C)OC(=O)N1C(=C([O-])C=[N+]=[N-])C=[S+][C-]1c1cccnc1. The molecule has 1 aliphatic heterocycles. The van der Waals surface area contributed by atoms with Gasteiger partial charge in [0.05, 0.1) is 0 Å². The molecule has 0 fully saturated rings. The fraction of sp³-hybridized carbons (Fsp3) is 0.267. The molecular weight excluding hydrogens is 316 g/mol. The van der Waals surface area contributed by atoms with E-state index < -0.39 is 17.5 Å². The minimum Gasteiger partial charge on any atom is -0.866 e. The lowest BCUT2D eigenvalue weighted by Crippen LogP contribution is -2.38. The number of ether oxygens (including phenoxy) is 1. The van der Waals surface area contributed by atoms with Crippen molar-refractivity contribution >= 4 is 29.0 Å². The van der Waals surface area contributed by atoms with Gasteiger partial charge in [-0.15, -0.1) is 6.07 Å². The second-order valence-electron chi connectivity index (χ2n) is 5.59. The summed E-state index contributed by atoms with van der Waals surface area (Å²) in [5.41, 5.74) is 8.56. The summed E-state index contributed by atoms with van der Waals surface area (Å²) in [6.45, 7) is 5.20. The van der Waals surface area contributed by atoms with Gasteiger partial charge >= 0.3 is 6.09 Å². The van der Waals surface area contributed by atoms with E-state index in [1.165, 1.54) is 16.7 Å². The molecule has 2 heterocycles. The number of aromatic nitrogens is 1. The molecule has 0 bridgehead atoms. The van der Waals surface area contributed by atoms with Crippen molar-refractivity contribution < 1.29 is 19.4 Å². The number of hydrogen-bond acceptors (Lipinski definition) is 4. The van der Waals surface area contributed by atoms with Gasteiger partial charge in [-0.3, -0.25) is 0 Å². The highest BCUT2D eigenvalue weighted by atomic mass is 32.1. The third-order valence-corrected chi connectivity index (χ3v) is 3.62. The fourth-order valence-corrected chi connectivity index (χ4v) is 2.77. The Balaban J connectivity index is 2.44. The Hall–Kier alpha value is -2.70. The van der Waals surface area contributed by atoms with Gasteiger partial charge < -0.3 is 20.4 Å². The number of nitrogens with zero attached hydrogens (tertiary/aromatic N) is 4. The number of carbonyl (C=O) groups is 1. The van der Waals surface area contributed by atoms with Crippen molar-refractivity contribution in [3.8, 4) is 0 Å². The summed E-state index contributed by atoms with van der Waals surface area (Å²) in [6, 6.07) is 3.50. The highest BCUT2D eigenvalue weighted by Gasteiger charge is 2.39. The number of pyridine rings is 1. The molecule has 120 valence electrons. The molecule has 0 saturated carbocycles. The third kappa shape index (κ3) is 3.94. The maximum atomic E-state index is 12.5. The minimum atomic E-state index is -0.719. The summed E-state index contributed by atoms with van der Waals surface area (Å²) in [5.74, 6) is -0.607. The number of amides is 1. The Morgan fingerprint density at radius 2 is 2.30 bits per heavy atom. The van der Waals surface area contributed by atoms with Crippen molar-refractivity contribution in [1.82, 2.24) is 9.88 Å². The van der Waals surface area contributed by atoms with Crippen molar-refractivity contribution in [2.45, 2.75) is 26.4 Å². The lowest BCUT2D eigenvalue weighted by molar-refractivity contribution is -0.294. The quantitative estimate of drug-likeness (QED) is 0.118. The lowest BCUT2D eigenvalue weighted by Gasteiger charge is -2.28. The van der Waals surface area contributed by atoms with Gasteiger partial charge in [0.1, 0.15) is 11.3 Å². The molecule has 0 radical (unpaired) electrons. The zero-order valence-corrected chi connectivity index (χ0v) is 13.7. The van der Waals surface area contributed by atoms with Crippen LogP contribution in [0.4, 0.5) is 4.79 Å². The summed E-state index contributed by atoms with van der Waals surface area (Å²) >= 11 is 1.20. The van der Waals surface area contributed by atoms with Gasteiger partial charge in [0.15, 0.2) is 11.4 Å². The largest absolute Gasteiger partial charge is 0.866 e. The molecule has 8 heteroatoms. The Morgan fingerprint density at radius 1 is 1.57 bits per heavy atom. The second-order valence-corrected chi connectivity index (χ2v) is 6.45. The molecule has 1 aliphatic rings. The number of rotatable bonds is 2. The third-order valence-electron chi connectivity index (χ3n) is 2.64. The smallest absolute Gasteiger partial charge is 0.412 e. The van der Waals surface area contributed by atoms with Crippen LogP contribution in [0.3, 0.4) is 0 Å². The number of hydrogen-bond donors (Lipinski definition) is 0. The van der Waals surface area contributed by atoms with Crippen molar-refractivity contribution in [3.63, 3.8) is 0 Å². The molecule has 0 aromatic carbocycles. The molecule has 7 nitrogen and oxygen atoms in total. The molecule has 1 amide bonds. The first-order valence-electron chi connectivity index (χ1n) is 6.72. The van der Waals surface area contributed by atoms with Crippen LogP contribution in [0, 0.1) is 5.37 Å². The fourth-order valence-electron chi connectivity index (χ4n) is 1.79. The van der Waals surface area contributed by atoms with E-state index in [-0.39, 0.29) is 5.70 Å². The predicted octanol–water partition coefficient (Wildman–Crippen LogP) is 0.927. The molecule has 0 atom stereocenters. The van der Waals surface area contributed by atoms with E-state index in [0.717, 1.165) is 11.1 Å². The maximum Gasteiger partial charge on any atom is 0.412 e. The molecule has 0 aliphatic carbocycles. The first-order chi connectivity index (χ1) is 10.8. The van der Waals surface area contributed by atoms with Gasteiger partial charge in [-0.2, -0.15) is 10.9 Å². The van der Waals surface area contributed by atoms with Crippen LogP contribution >= 0.6 is 0 Å².